The number of aromatic nitrogens is 11. The minimum absolute atomic E-state index is 0.0131. The Morgan fingerprint density at radius 3 is 2.02 bits per heavy atom. The Bertz CT molecular complexity index is 3040. The number of amides is 1. The van der Waals surface area contributed by atoms with E-state index in [1.54, 1.807) is 24.8 Å². The van der Waals surface area contributed by atoms with Crippen LogP contribution in [0.15, 0.2) is 110 Å². The smallest absolute Gasteiger partial charge is 0.224 e. The van der Waals surface area contributed by atoms with Crippen LogP contribution < -0.4 is 5.32 Å². The van der Waals surface area contributed by atoms with E-state index < -0.39 is 0 Å². The van der Waals surface area contributed by atoms with Crippen LogP contribution in [0.2, 0.25) is 0 Å². The fourth-order valence-electron chi connectivity index (χ4n) is 6.96. The highest BCUT2D eigenvalue weighted by Gasteiger charge is 2.16. The number of carbonyl (C=O) groups is 1. The maximum absolute atomic E-state index is 12.1. The number of hydrogen-bond donors (Lipinski definition) is 5. The van der Waals surface area contributed by atoms with E-state index in [9.17, 15) is 4.79 Å². The molecule has 0 radical (unpaired) electrons. The van der Waals surface area contributed by atoms with Gasteiger partial charge < -0.3 is 15.3 Å². The summed E-state index contributed by atoms with van der Waals surface area (Å²) in [6.45, 7) is 8.21. The van der Waals surface area contributed by atoms with Crippen LogP contribution in [-0.2, 0) is 4.79 Å². The molecule has 0 aliphatic rings. The number of hydrogen-bond acceptors (Lipinski definition) is 8. The number of nitrogens with one attached hydrogen (secondary N) is 5. The topological polar surface area (TPSA) is 182 Å². The van der Waals surface area contributed by atoms with Crippen molar-refractivity contribution >= 4 is 55.5 Å². The highest BCUT2D eigenvalue weighted by atomic mass is 16.1. The number of fused-ring (bicyclic) bond motifs is 4. The van der Waals surface area contributed by atoms with E-state index in [1.807, 2.05) is 62.6 Å². The average Bonchev–Trinajstić information content (AvgIpc) is 4.01. The van der Waals surface area contributed by atoms with Gasteiger partial charge in [0.15, 0.2) is 11.6 Å². The van der Waals surface area contributed by atoms with E-state index in [0.29, 0.717) is 23.9 Å². The molecule has 0 aliphatic heterocycles. The summed E-state index contributed by atoms with van der Waals surface area (Å²) in [4.78, 5) is 40.9. The minimum atomic E-state index is -0.0131. The quantitative estimate of drug-likeness (QED) is 0.107. The predicted octanol–water partition coefficient (Wildman–Crippen LogP) is 9.33. The zero-order chi connectivity index (χ0) is 39.0. The number of anilines is 1. The fourth-order valence-corrected chi connectivity index (χ4v) is 6.96. The van der Waals surface area contributed by atoms with E-state index in [0.717, 1.165) is 83.3 Å². The van der Waals surface area contributed by atoms with Gasteiger partial charge in [0, 0.05) is 53.1 Å². The van der Waals surface area contributed by atoms with Gasteiger partial charge in [0.05, 0.1) is 51.2 Å². The van der Waals surface area contributed by atoms with Crippen molar-refractivity contribution in [3.63, 3.8) is 0 Å². The minimum Gasteiger partial charge on any atom is -0.337 e. The number of nitrogens with zero attached hydrogens (tertiary/aromatic N) is 7. The molecule has 0 bridgehead atoms. The lowest BCUT2D eigenvalue weighted by Gasteiger charge is -2.09. The Labute approximate surface area is 326 Å². The van der Waals surface area contributed by atoms with Crippen molar-refractivity contribution in [1.82, 2.24) is 55.3 Å². The van der Waals surface area contributed by atoms with E-state index in [4.69, 9.17) is 4.98 Å². The molecule has 13 nitrogen and oxygen atoms in total. The zero-order valence-corrected chi connectivity index (χ0v) is 31.7. The van der Waals surface area contributed by atoms with E-state index >= 15 is 0 Å². The number of benzene rings is 3. The van der Waals surface area contributed by atoms with Crippen molar-refractivity contribution in [3.05, 3.63) is 121 Å². The third-order valence-electron chi connectivity index (χ3n) is 9.79. The first-order valence-corrected chi connectivity index (χ1v) is 18.6. The molecule has 13 heteroatoms. The summed E-state index contributed by atoms with van der Waals surface area (Å²) in [5.41, 5.74) is 14.3. The zero-order valence-electron chi connectivity index (χ0n) is 31.7. The van der Waals surface area contributed by atoms with Crippen LogP contribution in [-0.4, -0.2) is 61.2 Å². The standard InChI is InChI=1S/C23H21N7O.C21H17N5/c1-13(2)7-21(31)26-16-8-15(10-25-11-16)14-3-4-18-17(9-14)22(30-29-18)23-27-19-5-6-24-12-20(19)28-23;1-12-3-5-18-19(9-12)24-21(23-18)20-15-10-14(4-6-17(15)25-26-20)16-11-22-8-7-13(16)2/h3-6,8-13H,7H2,1-2H3,(H,26,31)(H,27,28)(H,29,30);3-11H,1-2H3,(H,23,24)(H,25,26). The Kier molecular flexibility index (Phi) is 9.01. The number of H-pyrrole nitrogens is 4. The predicted molar refractivity (Wildman–Crippen MR) is 224 cm³/mol. The summed E-state index contributed by atoms with van der Waals surface area (Å²) in [7, 11) is 0. The van der Waals surface area contributed by atoms with Gasteiger partial charge in [-0.15, -0.1) is 0 Å². The summed E-state index contributed by atoms with van der Waals surface area (Å²) < 4.78 is 0. The van der Waals surface area contributed by atoms with Crippen LogP contribution in [0.5, 0.6) is 0 Å². The van der Waals surface area contributed by atoms with E-state index in [2.05, 4.69) is 106 Å². The van der Waals surface area contributed by atoms with E-state index in [-0.39, 0.29) is 5.91 Å². The molecule has 280 valence electrons. The van der Waals surface area contributed by atoms with Crippen molar-refractivity contribution < 1.29 is 4.79 Å². The van der Waals surface area contributed by atoms with Gasteiger partial charge in [-0.3, -0.25) is 29.9 Å². The Morgan fingerprint density at radius 1 is 0.632 bits per heavy atom. The van der Waals surface area contributed by atoms with Gasteiger partial charge in [0.1, 0.15) is 11.4 Å². The summed E-state index contributed by atoms with van der Waals surface area (Å²) in [6.07, 6.45) is 11.1. The van der Waals surface area contributed by atoms with Gasteiger partial charge in [-0.05, 0) is 96.6 Å². The molecule has 0 saturated heterocycles. The first-order chi connectivity index (χ1) is 27.8. The number of rotatable bonds is 7. The second kappa shape index (κ2) is 14.6. The molecule has 0 unspecified atom stereocenters. The van der Waals surface area contributed by atoms with Crippen molar-refractivity contribution in [3.8, 4) is 45.3 Å². The second-order valence-electron chi connectivity index (χ2n) is 14.5. The lowest BCUT2D eigenvalue weighted by atomic mass is 10.0. The summed E-state index contributed by atoms with van der Waals surface area (Å²) in [5.74, 6) is 1.74. The number of aryl methyl sites for hydroxylation is 2. The molecule has 10 rings (SSSR count). The normalized spacial score (nSPS) is 11.5. The van der Waals surface area contributed by atoms with Gasteiger partial charge >= 0.3 is 0 Å². The molecule has 3 aromatic carbocycles. The molecule has 7 heterocycles. The average molecular weight is 751 g/mol. The monoisotopic (exact) mass is 750 g/mol. The maximum Gasteiger partial charge on any atom is 0.224 e. The molecular weight excluding hydrogens is 713 g/mol. The SMILES string of the molecule is CC(C)CC(=O)Nc1cncc(-c2ccc3[nH]nc(-c4nc5ccncc5[nH]4)c3c2)c1.Cc1ccc2nc(-c3n[nH]c4ccc(-c5cnccc5C)cc34)[nH]c2c1. The van der Waals surface area contributed by atoms with Crippen LogP contribution in [0.4, 0.5) is 5.69 Å². The lowest BCUT2D eigenvalue weighted by molar-refractivity contribution is -0.116. The maximum atomic E-state index is 12.1. The van der Waals surface area contributed by atoms with Gasteiger partial charge in [0.25, 0.3) is 0 Å². The van der Waals surface area contributed by atoms with Crippen LogP contribution in [0.25, 0.3) is 89.2 Å². The molecule has 10 aromatic rings. The molecular formula is C44H38N12O. The van der Waals surface area contributed by atoms with Crippen molar-refractivity contribution in [1.29, 1.82) is 0 Å². The third-order valence-corrected chi connectivity index (χ3v) is 9.79. The van der Waals surface area contributed by atoms with Crippen molar-refractivity contribution in [2.24, 2.45) is 5.92 Å². The van der Waals surface area contributed by atoms with Crippen LogP contribution in [0.3, 0.4) is 0 Å². The van der Waals surface area contributed by atoms with Gasteiger partial charge in [-0.25, -0.2) is 9.97 Å². The van der Waals surface area contributed by atoms with Gasteiger partial charge in [-0.1, -0.05) is 32.0 Å². The lowest BCUT2D eigenvalue weighted by Crippen LogP contribution is -2.13. The summed E-state index contributed by atoms with van der Waals surface area (Å²) in [5, 5.41) is 20.1. The molecule has 0 spiro atoms. The van der Waals surface area contributed by atoms with E-state index in [1.165, 1.54) is 11.1 Å². The highest BCUT2D eigenvalue weighted by Crippen LogP contribution is 2.33. The molecule has 0 saturated carbocycles. The highest BCUT2D eigenvalue weighted by molar-refractivity contribution is 5.97. The fraction of sp³-hybridized carbons (Fsp3) is 0.136. The molecule has 0 aliphatic carbocycles. The van der Waals surface area contributed by atoms with Crippen LogP contribution in [0.1, 0.15) is 31.4 Å². The molecule has 0 fully saturated rings. The van der Waals surface area contributed by atoms with Gasteiger partial charge in [0.2, 0.25) is 5.91 Å². The molecule has 7 aromatic heterocycles. The summed E-state index contributed by atoms with van der Waals surface area (Å²) >= 11 is 0. The Morgan fingerprint density at radius 2 is 1.30 bits per heavy atom. The number of pyridine rings is 3. The number of carbonyl (C=O) groups excluding carboxylic acids is 1. The first kappa shape index (κ1) is 35.2. The third kappa shape index (κ3) is 7.09. The van der Waals surface area contributed by atoms with Gasteiger partial charge in [-0.2, -0.15) is 10.2 Å². The molecule has 5 N–H and O–H groups in total. The largest absolute Gasteiger partial charge is 0.337 e. The van der Waals surface area contributed by atoms with Crippen molar-refractivity contribution in [2.45, 2.75) is 34.1 Å². The number of aromatic amines is 4. The summed E-state index contributed by atoms with van der Waals surface area (Å²) in [6, 6.07) is 24.4. The second-order valence-corrected chi connectivity index (χ2v) is 14.5. The Balaban J connectivity index is 0.000000150. The Hall–Kier alpha value is -7.54. The van der Waals surface area contributed by atoms with Crippen LogP contribution in [0, 0.1) is 19.8 Å². The number of imidazole rings is 2. The van der Waals surface area contributed by atoms with Crippen LogP contribution >= 0.6 is 0 Å². The first-order valence-electron chi connectivity index (χ1n) is 18.6. The molecule has 0 atom stereocenters. The van der Waals surface area contributed by atoms with Crippen molar-refractivity contribution in [2.75, 3.05) is 5.32 Å². The molecule has 57 heavy (non-hydrogen) atoms. The molecule has 1 amide bonds.